The third kappa shape index (κ3) is 2.91. The van der Waals surface area contributed by atoms with Crippen molar-refractivity contribution in [2.24, 2.45) is 0 Å². The molecule has 0 atom stereocenters. The van der Waals surface area contributed by atoms with Gasteiger partial charge in [0.1, 0.15) is 10.8 Å². The Morgan fingerprint density at radius 2 is 2.28 bits per heavy atom. The standard InChI is InChI=1S/C11H9BrFN3OS/c1-2-9-15-16-11(18-9)14-10(17)7-4-3-6(12)5-8(7)13/h3-5H,2H2,1H3,(H,14,16,17). The molecule has 0 aliphatic carbocycles. The molecule has 1 aromatic heterocycles. The summed E-state index contributed by atoms with van der Waals surface area (Å²) >= 11 is 4.41. The van der Waals surface area contributed by atoms with E-state index < -0.39 is 11.7 Å². The SMILES string of the molecule is CCc1nnc(NC(=O)c2ccc(Br)cc2F)s1. The van der Waals surface area contributed by atoms with Gasteiger partial charge in [-0.05, 0) is 24.6 Å². The average molecular weight is 330 g/mol. The van der Waals surface area contributed by atoms with Crippen LogP contribution in [0, 0.1) is 5.82 Å². The van der Waals surface area contributed by atoms with Gasteiger partial charge in [-0.15, -0.1) is 10.2 Å². The second kappa shape index (κ2) is 5.53. The highest BCUT2D eigenvalue weighted by Crippen LogP contribution is 2.19. The molecule has 0 bridgehead atoms. The Labute approximate surface area is 115 Å². The largest absolute Gasteiger partial charge is 0.296 e. The minimum atomic E-state index is -0.581. The molecule has 7 heteroatoms. The Morgan fingerprint density at radius 3 is 2.89 bits per heavy atom. The normalized spacial score (nSPS) is 10.4. The van der Waals surface area contributed by atoms with Crippen molar-refractivity contribution in [1.29, 1.82) is 0 Å². The van der Waals surface area contributed by atoms with E-state index in [1.54, 1.807) is 6.07 Å². The summed E-state index contributed by atoms with van der Waals surface area (Å²) in [5, 5.41) is 11.4. The van der Waals surface area contributed by atoms with Crippen LogP contribution in [0.15, 0.2) is 22.7 Å². The highest BCUT2D eigenvalue weighted by molar-refractivity contribution is 9.10. The summed E-state index contributed by atoms with van der Waals surface area (Å²) in [6.07, 6.45) is 0.750. The number of hydrogen-bond donors (Lipinski definition) is 1. The first-order chi connectivity index (χ1) is 8.60. The molecule has 18 heavy (non-hydrogen) atoms. The summed E-state index contributed by atoms with van der Waals surface area (Å²) in [6.45, 7) is 1.94. The first kappa shape index (κ1) is 13.1. The Balaban J connectivity index is 2.16. The Bertz CT molecular complexity index is 587. The van der Waals surface area contributed by atoms with Gasteiger partial charge >= 0.3 is 0 Å². The van der Waals surface area contributed by atoms with Gasteiger partial charge in [0.25, 0.3) is 5.91 Å². The molecule has 2 rings (SSSR count). The fourth-order valence-corrected chi connectivity index (χ4v) is 2.29. The summed E-state index contributed by atoms with van der Waals surface area (Å²) in [5.41, 5.74) is -0.0218. The number of nitrogens with zero attached hydrogens (tertiary/aromatic N) is 2. The molecule has 0 aliphatic heterocycles. The molecule has 2 aromatic rings. The molecule has 1 aromatic carbocycles. The van der Waals surface area contributed by atoms with Crippen LogP contribution in [-0.4, -0.2) is 16.1 Å². The zero-order valence-corrected chi connectivity index (χ0v) is 11.8. The summed E-state index contributed by atoms with van der Waals surface area (Å²) in [4.78, 5) is 11.8. The van der Waals surface area contributed by atoms with Crippen LogP contribution in [0.5, 0.6) is 0 Å². The molecule has 0 spiro atoms. The number of aromatic nitrogens is 2. The van der Waals surface area contributed by atoms with E-state index in [9.17, 15) is 9.18 Å². The third-order valence-corrected chi connectivity index (χ3v) is 3.64. The van der Waals surface area contributed by atoms with Gasteiger partial charge in [-0.2, -0.15) is 0 Å². The van der Waals surface area contributed by atoms with Gasteiger partial charge in [-0.3, -0.25) is 10.1 Å². The van der Waals surface area contributed by atoms with Crippen LogP contribution < -0.4 is 5.32 Å². The zero-order chi connectivity index (χ0) is 13.1. The van der Waals surface area contributed by atoms with Crippen molar-refractivity contribution in [1.82, 2.24) is 10.2 Å². The van der Waals surface area contributed by atoms with Gasteiger partial charge < -0.3 is 0 Å². The van der Waals surface area contributed by atoms with Crippen LogP contribution in [0.3, 0.4) is 0 Å². The third-order valence-electron chi connectivity index (χ3n) is 2.17. The van der Waals surface area contributed by atoms with Crippen molar-refractivity contribution in [2.75, 3.05) is 5.32 Å². The molecule has 1 amide bonds. The minimum absolute atomic E-state index is 0.0218. The van der Waals surface area contributed by atoms with Gasteiger partial charge in [-0.25, -0.2) is 4.39 Å². The molecule has 1 heterocycles. The van der Waals surface area contributed by atoms with Crippen LogP contribution in [0.25, 0.3) is 0 Å². The lowest BCUT2D eigenvalue weighted by atomic mass is 10.2. The minimum Gasteiger partial charge on any atom is -0.296 e. The van der Waals surface area contributed by atoms with Crippen LogP contribution >= 0.6 is 27.3 Å². The fourth-order valence-electron chi connectivity index (χ4n) is 1.29. The maximum atomic E-state index is 13.6. The van der Waals surface area contributed by atoms with E-state index in [1.807, 2.05) is 6.92 Å². The highest BCUT2D eigenvalue weighted by Gasteiger charge is 2.14. The van der Waals surface area contributed by atoms with Gasteiger partial charge in [0.2, 0.25) is 5.13 Å². The number of carbonyl (C=O) groups excluding carboxylic acids is 1. The monoisotopic (exact) mass is 329 g/mol. The van der Waals surface area contributed by atoms with Gasteiger partial charge in [-0.1, -0.05) is 34.2 Å². The number of benzene rings is 1. The Morgan fingerprint density at radius 1 is 1.50 bits per heavy atom. The van der Waals surface area contributed by atoms with Crippen molar-refractivity contribution in [3.63, 3.8) is 0 Å². The second-order valence-corrected chi connectivity index (χ2v) is 5.41. The quantitative estimate of drug-likeness (QED) is 0.940. The van der Waals surface area contributed by atoms with E-state index in [2.05, 4.69) is 31.4 Å². The van der Waals surface area contributed by atoms with Crippen molar-refractivity contribution >= 4 is 38.3 Å². The van der Waals surface area contributed by atoms with E-state index in [0.29, 0.717) is 9.60 Å². The summed E-state index contributed by atoms with van der Waals surface area (Å²) in [6, 6.07) is 4.26. The second-order valence-electron chi connectivity index (χ2n) is 3.43. The molecule has 4 nitrogen and oxygen atoms in total. The van der Waals surface area contributed by atoms with E-state index in [1.165, 1.54) is 23.5 Å². The first-order valence-corrected chi connectivity index (χ1v) is 6.80. The molecule has 0 radical (unpaired) electrons. The molecule has 0 saturated heterocycles. The van der Waals surface area contributed by atoms with Crippen LogP contribution in [-0.2, 0) is 6.42 Å². The summed E-state index contributed by atoms with van der Waals surface area (Å²) in [7, 11) is 0. The number of amides is 1. The predicted octanol–water partition coefficient (Wildman–Crippen LogP) is 3.25. The summed E-state index contributed by atoms with van der Waals surface area (Å²) in [5.74, 6) is -1.11. The maximum Gasteiger partial charge on any atom is 0.260 e. The van der Waals surface area contributed by atoms with Crippen molar-refractivity contribution in [3.05, 3.63) is 39.1 Å². The zero-order valence-electron chi connectivity index (χ0n) is 9.41. The molecule has 0 unspecified atom stereocenters. The van der Waals surface area contributed by atoms with Crippen molar-refractivity contribution in [2.45, 2.75) is 13.3 Å². The topological polar surface area (TPSA) is 54.9 Å². The highest BCUT2D eigenvalue weighted by atomic mass is 79.9. The Kier molecular flexibility index (Phi) is 4.03. The first-order valence-electron chi connectivity index (χ1n) is 5.19. The van der Waals surface area contributed by atoms with E-state index in [-0.39, 0.29) is 5.56 Å². The lowest BCUT2D eigenvalue weighted by Crippen LogP contribution is -2.13. The molecule has 0 fully saturated rings. The van der Waals surface area contributed by atoms with Crippen molar-refractivity contribution in [3.8, 4) is 0 Å². The molecular weight excluding hydrogens is 321 g/mol. The number of halogens is 2. The van der Waals surface area contributed by atoms with E-state index in [0.717, 1.165) is 11.4 Å². The number of rotatable bonds is 3. The Hall–Kier alpha value is -1.34. The fraction of sp³-hybridized carbons (Fsp3) is 0.182. The number of hydrogen-bond acceptors (Lipinski definition) is 4. The molecule has 0 saturated carbocycles. The predicted molar refractivity (Wildman–Crippen MR) is 71.3 cm³/mol. The smallest absolute Gasteiger partial charge is 0.260 e. The lowest BCUT2D eigenvalue weighted by Gasteiger charge is -2.02. The van der Waals surface area contributed by atoms with E-state index in [4.69, 9.17) is 0 Å². The number of nitrogens with one attached hydrogen (secondary N) is 1. The maximum absolute atomic E-state index is 13.6. The number of aryl methyl sites for hydroxylation is 1. The summed E-state index contributed by atoms with van der Waals surface area (Å²) < 4.78 is 14.1. The molecular formula is C11H9BrFN3OS. The van der Waals surface area contributed by atoms with Crippen molar-refractivity contribution < 1.29 is 9.18 Å². The molecule has 94 valence electrons. The average Bonchev–Trinajstić information content (AvgIpc) is 2.76. The number of anilines is 1. The van der Waals surface area contributed by atoms with Crippen LogP contribution in [0.4, 0.5) is 9.52 Å². The van der Waals surface area contributed by atoms with Crippen LogP contribution in [0.2, 0.25) is 0 Å². The molecule has 1 N–H and O–H groups in total. The van der Waals surface area contributed by atoms with Gasteiger partial charge in [0.15, 0.2) is 0 Å². The molecule has 0 aliphatic rings. The van der Waals surface area contributed by atoms with Crippen LogP contribution in [0.1, 0.15) is 22.3 Å². The van der Waals surface area contributed by atoms with Gasteiger partial charge in [0, 0.05) is 4.47 Å². The number of carbonyl (C=O) groups is 1. The van der Waals surface area contributed by atoms with E-state index >= 15 is 0 Å². The van der Waals surface area contributed by atoms with Gasteiger partial charge in [0.05, 0.1) is 5.56 Å². The lowest BCUT2D eigenvalue weighted by molar-refractivity contribution is 0.102.